The van der Waals surface area contributed by atoms with Crippen LogP contribution >= 0.6 is 0 Å². The maximum Gasteiger partial charge on any atom is 0.241 e. The number of amides is 2. The van der Waals surface area contributed by atoms with Gasteiger partial charge in [0.05, 0.1) is 46.7 Å². The van der Waals surface area contributed by atoms with Gasteiger partial charge >= 0.3 is 0 Å². The number of aryl methyl sites for hydroxylation is 4. The standard InChI is InChI=1S/C30H31F2N7O4/c1-17-25(27(42)19-11-7-9-13-21(19)31)29(38(5)34-17)36(3)23(40)15-33-16-24(41)37(4)30-26(18(2)35-39(30)6)28(43)20-12-8-10-14-22(20)32/h7-14,33H,15-16H2,1-6H3. The zero-order valence-corrected chi connectivity index (χ0v) is 24.6. The lowest BCUT2D eigenvalue weighted by Crippen LogP contribution is -2.42. The maximum atomic E-state index is 14.4. The molecular weight excluding hydrogens is 560 g/mol. The predicted octanol–water partition coefficient (Wildman–Crippen LogP) is 2.73. The first-order valence-electron chi connectivity index (χ1n) is 13.2. The van der Waals surface area contributed by atoms with Crippen molar-refractivity contribution < 1.29 is 28.0 Å². The molecule has 0 aliphatic rings. The average molecular weight is 592 g/mol. The van der Waals surface area contributed by atoms with E-state index < -0.39 is 35.0 Å². The SMILES string of the molecule is Cc1nn(C)c(N(C)C(=O)CNCC(=O)N(C)c2c(C(=O)c3ccccc3F)c(C)nn2C)c1C(=O)c1ccccc1F. The molecule has 11 nitrogen and oxygen atoms in total. The number of benzene rings is 2. The van der Waals surface area contributed by atoms with Gasteiger partial charge in [0, 0.05) is 28.2 Å². The molecule has 1 N–H and O–H groups in total. The van der Waals surface area contributed by atoms with Crippen molar-refractivity contribution in [2.45, 2.75) is 13.8 Å². The second kappa shape index (κ2) is 12.4. The molecule has 224 valence electrons. The molecule has 0 saturated heterocycles. The highest BCUT2D eigenvalue weighted by Gasteiger charge is 2.30. The number of nitrogens with one attached hydrogen (secondary N) is 1. The number of anilines is 2. The van der Waals surface area contributed by atoms with Crippen LogP contribution in [0, 0.1) is 25.5 Å². The topological polar surface area (TPSA) is 122 Å². The molecule has 2 aromatic heterocycles. The predicted molar refractivity (Wildman–Crippen MR) is 155 cm³/mol. The summed E-state index contributed by atoms with van der Waals surface area (Å²) < 4.78 is 31.5. The van der Waals surface area contributed by atoms with E-state index in [1.54, 1.807) is 40.1 Å². The summed E-state index contributed by atoms with van der Waals surface area (Å²) >= 11 is 0. The normalized spacial score (nSPS) is 11.0. The van der Waals surface area contributed by atoms with Crippen molar-refractivity contribution in [3.63, 3.8) is 0 Å². The number of carbonyl (C=O) groups is 4. The summed E-state index contributed by atoms with van der Waals surface area (Å²) in [6.07, 6.45) is 0. The van der Waals surface area contributed by atoms with Crippen molar-refractivity contribution in [1.29, 1.82) is 0 Å². The molecule has 0 spiro atoms. The molecule has 2 aromatic carbocycles. The van der Waals surface area contributed by atoms with Gasteiger partial charge in [-0.2, -0.15) is 10.2 Å². The molecule has 0 unspecified atom stereocenters. The van der Waals surface area contributed by atoms with E-state index in [0.29, 0.717) is 11.4 Å². The Morgan fingerprint density at radius 3 is 1.40 bits per heavy atom. The largest absolute Gasteiger partial charge is 0.300 e. The Balaban J connectivity index is 1.47. The van der Waals surface area contributed by atoms with Gasteiger partial charge in [0.15, 0.2) is 0 Å². The summed E-state index contributed by atoms with van der Waals surface area (Å²) in [4.78, 5) is 55.1. The Hall–Kier alpha value is -5.04. The van der Waals surface area contributed by atoms with Crippen LogP contribution in [0.5, 0.6) is 0 Å². The first kappa shape index (κ1) is 30.9. The van der Waals surface area contributed by atoms with Crippen LogP contribution in [-0.4, -0.2) is 70.1 Å². The van der Waals surface area contributed by atoms with E-state index in [-0.39, 0.29) is 47.0 Å². The van der Waals surface area contributed by atoms with Gasteiger partial charge in [-0.15, -0.1) is 0 Å². The first-order valence-corrected chi connectivity index (χ1v) is 13.2. The lowest BCUT2D eigenvalue weighted by molar-refractivity contribution is -0.118. The zero-order chi connectivity index (χ0) is 31.6. The van der Waals surface area contributed by atoms with Crippen LogP contribution in [0.15, 0.2) is 48.5 Å². The van der Waals surface area contributed by atoms with Gasteiger partial charge in [-0.05, 0) is 38.1 Å². The molecule has 0 atom stereocenters. The van der Waals surface area contributed by atoms with Crippen LogP contribution in [-0.2, 0) is 23.7 Å². The highest BCUT2D eigenvalue weighted by molar-refractivity contribution is 6.15. The van der Waals surface area contributed by atoms with Gasteiger partial charge in [0.2, 0.25) is 23.4 Å². The number of nitrogens with zero attached hydrogens (tertiary/aromatic N) is 6. The minimum atomic E-state index is -0.692. The molecule has 0 bridgehead atoms. The third kappa shape index (κ3) is 5.97. The van der Waals surface area contributed by atoms with Gasteiger partial charge in [0.1, 0.15) is 23.3 Å². The Morgan fingerprint density at radius 1 is 0.698 bits per heavy atom. The Labute approximate surface area is 246 Å². The lowest BCUT2D eigenvalue weighted by atomic mass is 10.0. The van der Waals surface area contributed by atoms with Crippen molar-refractivity contribution in [2.75, 3.05) is 37.0 Å². The van der Waals surface area contributed by atoms with Gasteiger partial charge in [-0.1, -0.05) is 24.3 Å². The number of likely N-dealkylation sites (N-methyl/N-ethyl adjacent to an activating group) is 2. The number of hydrogen-bond donors (Lipinski definition) is 1. The fourth-order valence-electron chi connectivity index (χ4n) is 4.90. The minimum Gasteiger partial charge on any atom is -0.300 e. The number of carbonyl (C=O) groups excluding carboxylic acids is 4. The van der Waals surface area contributed by atoms with E-state index >= 15 is 0 Å². The lowest BCUT2D eigenvalue weighted by Gasteiger charge is -2.21. The van der Waals surface area contributed by atoms with Crippen LogP contribution < -0.4 is 15.1 Å². The third-order valence-corrected chi connectivity index (χ3v) is 7.01. The van der Waals surface area contributed by atoms with Crippen LogP contribution in [0.25, 0.3) is 0 Å². The van der Waals surface area contributed by atoms with E-state index in [1.807, 2.05) is 0 Å². The summed E-state index contributed by atoms with van der Waals surface area (Å²) in [5.41, 5.74) is 0.511. The molecule has 0 radical (unpaired) electrons. The first-order chi connectivity index (χ1) is 20.3. The highest BCUT2D eigenvalue weighted by Crippen LogP contribution is 2.28. The van der Waals surface area contributed by atoms with Crippen molar-refractivity contribution in [3.8, 4) is 0 Å². The van der Waals surface area contributed by atoms with Crippen LogP contribution in [0.2, 0.25) is 0 Å². The molecule has 43 heavy (non-hydrogen) atoms. The van der Waals surface area contributed by atoms with Crippen LogP contribution in [0.1, 0.15) is 43.2 Å². The van der Waals surface area contributed by atoms with Crippen molar-refractivity contribution in [3.05, 3.63) is 93.8 Å². The number of halogens is 2. The summed E-state index contributed by atoms with van der Waals surface area (Å²) in [5.74, 6) is -3.26. The van der Waals surface area contributed by atoms with Gasteiger partial charge in [0.25, 0.3) is 0 Å². The number of hydrogen-bond acceptors (Lipinski definition) is 7. The van der Waals surface area contributed by atoms with E-state index in [2.05, 4.69) is 15.5 Å². The number of ketones is 2. The Morgan fingerprint density at radius 2 is 1.05 bits per heavy atom. The molecule has 2 heterocycles. The van der Waals surface area contributed by atoms with E-state index in [0.717, 1.165) is 0 Å². The van der Waals surface area contributed by atoms with E-state index in [9.17, 15) is 28.0 Å². The molecule has 4 aromatic rings. The fourth-order valence-corrected chi connectivity index (χ4v) is 4.90. The second-order valence-electron chi connectivity index (χ2n) is 9.94. The molecule has 2 amide bonds. The van der Waals surface area contributed by atoms with Gasteiger partial charge in [-0.25, -0.2) is 8.78 Å². The van der Waals surface area contributed by atoms with Crippen molar-refractivity contribution in [1.82, 2.24) is 24.9 Å². The molecule has 0 fully saturated rings. The molecule has 4 rings (SSSR count). The van der Waals surface area contributed by atoms with Gasteiger partial charge in [-0.3, -0.25) is 43.7 Å². The summed E-state index contributed by atoms with van der Waals surface area (Å²) in [6.45, 7) is 2.60. The molecule has 0 aliphatic carbocycles. The quantitative estimate of drug-likeness (QED) is 0.282. The smallest absolute Gasteiger partial charge is 0.241 e. The second-order valence-corrected chi connectivity index (χ2v) is 9.94. The van der Waals surface area contributed by atoms with E-state index in [4.69, 9.17) is 0 Å². The molecule has 13 heteroatoms. The maximum absolute atomic E-state index is 14.4. The molecule has 0 aliphatic heterocycles. The van der Waals surface area contributed by atoms with Crippen molar-refractivity contribution >= 4 is 35.0 Å². The molecule has 0 saturated carbocycles. The average Bonchev–Trinajstić information content (AvgIpc) is 3.44. The summed E-state index contributed by atoms with van der Waals surface area (Å²) in [5, 5.41) is 11.3. The van der Waals surface area contributed by atoms with E-state index in [1.165, 1.54) is 69.7 Å². The van der Waals surface area contributed by atoms with Crippen LogP contribution in [0.4, 0.5) is 20.4 Å². The van der Waals surface area contributed by atoms with Gasteiger partial charge < -0.3 is 0 Å². The summed E-state index contributed by atoms with van der Waals surface area (Å²) in [7, 11) is 6.02. The zero-order valence-electron chi connectivity index (χ0n) is 24.6. The Kier molecular flexibility index (Phi) is 8.95. The number of rotatable bonds is 10. The number of aromatic nitrogens is 4. The summed E-state index contributed by atoms with van der Waals surface area (Å²) in [6, 6.07) is 11.1. The fraction of sp³-hybridized carbons (Fsp3) is 0.267. The van der Waals surface area contributed by atoms with Crippen LogP contribution in [0.3, 0.4) is 0 Å². The molecular formula is C30H31F2N7O4. The minimum absolute atomic E-state index is 0.0814. The Bertz CT molecular complexity index is 1620. The van der Waals surface area contributed by atoms with Crippen molar-refractivity contribution in [2.24, 2.45) is 14.1 Å². The highest BCUT2D eigenvalue weighted by atomic mass is 19.1. The third-order valence-electron chi connectivity index (χ3n) is 7.01. The monoisotopic (exact) mass is 591 g/mol.